The monoisotopic (exact) mass is 387 g/mol. The molecule has 0 unspecified atom stereocenters. The first-order chi connectivity index (χ1) is 9.56. The first-order valence-corrected chi connectivity index (χ1v) is 6.86. The number of halogens is 3. The van der Waals surface area contributed by atoms with Crippen LogP contribution in [-0.2, 0) is 6.54 Å². The van der Waals surface area contributed by atoms with Gasteiger partial charge in [0, 0.05) is 9.13 Å². The van der Waals surface area contributed by atoms with Crippen LogP contribution in [0.25, 0.3) is 11.1 Å². The Morgan fingerprint density at radius 2 is 1.85 bits per heavy atom. The molecule has 0 amide bonds. The zero-order chi connectivity index (χ0) is 14.3. The summed E-state index contributed by atoms with van der Waals surface area (Å²) in [6.45, 7) is -0.204. The van der Waals surface area contributed by atoms with Crippen molar-refractivity contribution in [3.8, 4) is 0 Å². The molecule has 0 atom stereocenters. The van der Waals surface area contributed by atoms with E-state index in [0.29, 0.717) is 11.1 Å². The van der Waals surface area contributed by atoms with Gasteiger partial charge in [0.2, 0.25) is 0 Å². The molecule has 1 heterocycles. The molecule has 0 saturated heterocycles. The Hall–Kier alpha value is -1.70. The Bertz CT molecular complexity index is 834. The minimum atomic E-state index is -0.683. The summed E-state index contributed by atoms with van der Waals surface area (Å²) in [5.74, 6) is -2.00. The molecule has 0 saturated carbocycles. The van der Waals surface area contributed by atoms with Gasteiger partial charge in [-0.05, 0) is 52.9 Å². The van der Waals surface area contributed by atoms with E-state index < -0.39 is 17.4 Å². The summed E-state index contributed by atoms with van der Waals surface area (Å²) in [6, 6.07) is 8.80. The third-order valence-electron chi connectivity index (χ3n) is 3.01. The maximum atomic E-state index is 13.7. The molecule has 0 aliphatic carbocycles. The van der Waals surface area contributed by atoms with Crippen molar-refractivity contribution >= 4 is 33.7 Å². The van der Waals surface area contributed by atoms with Crippen LogP contribution < -0.4 is 5.76 Å². The van der Waals surface area contributed by atoms with Crippen molar-refractivity contribution in [2.75, 3.05) is 0 Å². The molecule has 102 valence electrons. The second kappa shape index (κ2) is 5.01. The number of aromatic nitrogens is 1. The van der Waals surface area contributed by atoms with Crippen LogP contribution >= 0.6 is 22.6 Å². The van der Waals surface area contributed by atoms with Crippen LogP contribution in [0.2, 0.25) is 0 Å². The van der Waals surface area contributed by atoms with Gasteiger partial charge in [-0.25, -0.2) is 13.6 Å². The molecule has 2 aromatic carbocycles. The molecule has 3 rings (SSSR count). The number of hydrogen-bond acceptors (Lipinski definition) is 2. The smallest absolute Gasteiger partial charge is 0.408 e. The molecule has 3 aromatic rings. The Kier molecular flexibility index (Phi) is 3.33. The van der Waals surface area contributed by atoms with Gasteiger partial charge in [0.25, 0.3) is 0 Å². The molecular weight excluding hydrogens is 379 g/mol. The van der Waals surface area contributed by atoms with Crippen molar-refractivity contribution in [3.05, 3.63) is 67.7 Å². The van der Waals surface area contributed by atoms with Gasteiger partial charge in [0.15, 0.2) is 5.58 Å². The van der Waals surface area contributed by atoms with E-state index in [2.05, 4.69) is 22.6 Å². The molecular formula is C14H8F2INO2. The standard InChI is InChI=1S/C14H8F2INO2/c15-10-2-1-3-11(16)9(10)7-18-12-6-8(17)4-5-13(12)20-14(18)19/h1-6H,7H2. The lowest BCUT2D eigenvalue weighted by Crippen LogP contribution is -2.16. The van der Waals surface area contributed by atoms with Crippen LogP contribution in [0.5, 0.6) is 0 Å². The van der Waals surface area contributed by atoms with E-state index in [4.69, 9.17) is 4.42 Å². The third-order valence-corrected chi connectivity index (χ3v) is 3.68. The van der Waals surface area contributed by atoms with Crippen LogP contribution in [0.1, 0.15) is 5.56 Å². The van der Waals surface area contributed by atoms with E-state index in [-0.39, 0.29) is 12.1 Å². The summed E-state index contributed by atoms with van der Waals surface area (Å²) in [7, 11) is 0. The van der Waals surface area contributed by atoms with Crippen LogP contribution in [-0.4, -0.2) is 4.57 Å². The molecule has 0 spiro atoms. The van der Waals surface area contributed by atoms with Gasteiger partial charge in [-0.15, -0.1) is 0 Å². The maximum Gasteiger partial charge on any atom is 0.420 e. The summed E-state index contributed by atoms with van der Waals surface area (Å²) >= 11 is 2.09. The number of rotatable bonds is 2. The van der Waals surface area contributed by atoms with Crippen molar-refractivity contribution in [3.63, 3.8) is 0 Å². The number of oxazole rings is 1. The van der Waals surface area contributed by atoms with Gasteiger partial charge in [0.05, 0.1) is 12.1 Å². The lowest BCUT2D eigenvalue weighted by atomic mass is 10.2. The quantitative estimate of drug-likeness (QED) is 0.631. The fourth-order valence-corrected chi connectivity index (χ4v) is 2.50. The number of fused-ring (bicyclic) bond motifs is 1. The lowest BCUT2D eigenvalue weighted by Gasteiger charge is -2.05. The highest BCUT2D eigenvalue weighted by molar-refractivity contribution is 14.1. The molecule has 1 aromatic heterocycles. The van der Waals surface area contributed by atoms with E-state index in [9.17, 15) is 13.6 Å². The predicted octanol–water partition coefficient (Wildman–Crippen LogP) is 3.53. The van der Waals surface area contributed by atoms with Crippen LogP contribution in [0, 0.1) is 15.2 Å². The maximum absolute atomic E-state index is 13.7. The molecule has 0 bridgehead atoms. The Labute approximate surface area is 126 Å². The van der Waals surface area contributed by atoms with Crippen molar-refractivity contribution in [1.29, 1.82) is 0 Å². The van der Waals surface area contributed by atoms with E-state index in [0.717, 1.165) is 15.7 Å². The number of hydrogen-bond donors (Lipinski definition) is 0. The topological polar surface area (TPSA) is 35.1 Å². The average molecular weight is 387 g/mol. The van der Waals surface area contributed by atoms with E-state index in [1.807, 2.05) is 0 Å². The normalized spacial score (nSPS) is 11.2. The Morgan fingerprint density at radius 1 is 1.15 bits per heavy atom. The Balaban J connectivity index is 2.18. The SMILES string of the molecule is O=c1oc2ccc(I)cc2n1Cc1c(F)cccc1F. The van der Waals surface area contributed by atoms with Crippen LogP contribution in [0.4, 0.5) is 8.78 Å². The van der Waals surface area contributed by atoms with Crippen molar-refractivity contribution in [2.45, 2.75) is 6.54 Å². The van der Waals surface area contributed by atoms with Crippen molar-refractivity contribution < 1.29 is 13.2 Å². The molecule has 6 heteroatoms. The fraction of sp³-hybridized carbons (Fsp3) is 0.0714. The lowest BCUT2D eigenvalue weighted by molar-refractivity contribution is 0.500. The molecule has 0 radical (unpaired) electrons. The first-order valence-electron chi connectivity index (χ1n) is 5.78. The van der Waals surface area contributed by atoms with Crippen molar-refractivity contribution in [1.82, 2.24) is 4.57 Å². The average Bonchev–Trinajstić information content (AvgIpc) is 2.70. The molecule has 0 N–H and O–H groups in total. The second-order valence-corrected chi connectivity index (χ2v) is 5.51. The zero-order valence-corrected chi connectivity index (χ0v) is 12.2. The highest BCUT2D eigenvalue weighted by atomic mass is 127. The number of benzene rings is 2. The van der Waals surface area contributed by atoms with Gasteiger partial charge in [-0.2, -0.15) is 0 Å². The highest BCUT2D eigenvalue weighted by Crippen LogP contribution is 2.19. The van der Waals surface area contributed by atoms with E-state index in [1.54, 1.807) is 18.2 Å². The van der Waals surface area contributed by atoms with Gasteiger partial charge in [-0.1, -0.05) is 6.07 Å². The molecule has 0 aliphatic heterocycles. The predicted molar refractivity (Wildman–Crippen MR) is 78.7 cm³/mol. The van der Waals surface area contributed by atoms with Gasteiger partial charge >= 0.3 is 5.76 Å². The van der Waals surface area contributed by atoms with Gasteiger partial charge < -0.3 is 4.42 Å². The van der Waals surface area contributed by atoms with Crippen LogP contribution in [0.15, 0.2) is 45.6 Å². The second-order valence-electron chi connectivity index (χ2n) is 4.27. The minimum Gasteiger partial charge on any atom is -0.408 e. The number of nitrogens with zero attached hydrogens (tertiary/aromatic N) is 1. The van der Waals surface area contributed by atoms with Crippen molar-refractivity contribution in [2.24, 2.45) is 0 Å². The largest absolute Gasteiger partial charge is 0.420 e. The zero-order valence-electron chi connectivity index (χ0n) is 10.1. The summed E-state index contributed by atoms with van der Waals surface area (Å²) in [4.78, 5) is 11.8. The summed E-state index contributed by atoms with van der Waals surface area (Å²) in [6.07, 6.45) is 0. The molecule has 3 nitrogen and oxygen atoms in total. The molecule has 0 fully saturated rings. The Morgan fingerprint density at radius 3 is 2.55 bits per heavy atom. The van der Waals surface area contributed by atoms with Crippen LogP contribution in [0.3, 0.4) is 0 Å². The highest BCUT2D eigenvalue weighted by Gasteiger charge is 2.14. The summed E-state index contributed by atoms with van der Waals surface area (Å²) < 4.78 is 34.5. The molecule has 0 aliphatic rings. The van der Waals surface area contributed by atoms with E-state index >= 15 is 0 Å². The fourth-order valence-electron chi connectivity index (χ4n) is 2.03. The van der Waals surface area contributed by atoms with Gasteiger partial charge in [0.1, 0.15) is 11.6 Å². The summed E-state index contributed by atoms with van der Waals surface area (Å²) in [5.41, 5.74) is 0.757. The molecule has 20 heavy (non-hydrogen) atoms. The van der Waals surface area contributed by atoms with E-state index in [1.165, 1.54) is 10.6 Å². The van der Waals surface area contributed by atoms with Gasteiger partial charge in [-0.3, -0.25) is 4.57 Å². The first kappa shape index (κ1) is 13.3. The minimum absolute atomic E-state index is 0.156. The third kappa shape index (κ3) is 2.24. The summed E-state index contributed by atoms with van der Waals surface area (Å²) in [5, 5.41) is 0.